The minimum Gasteiger partial charge on any atom is -0.389 e. The lowest BCUT2D eigenvalue weighted by Crippen LogP contribution is -2.39. The van der Waals surface area contributed by atoms with Crippen LogP contribution in [0.4, 0.5) is 10.1 Å². The highest BCUT2D eigenvalue weighted by atomic mass is 32.2. The number of nitrogens with zero attached hydrogens (tertiary/aromatic N) is 1. The Bertz CT molecular complexity index is 675. The van der Waals surface area contributed by atoms with E-state index in [1.807, 2.05) is 6.92 Å². The third-order valence-electron chi connectivity index (χ3n) is 3.06. The molecule has 0 aliphatic carbocycles. The van der Waals surface area contributed by atoms with Gasteiger partial charge in [-0.1, -0.05) is 25.6 Å². The lowest BCUT2D eigenvalue weighted by atomic mass is 10.1. The second-order valence-electron chi connectivity index (χ2n) is 4.69. The Morgan fingerprint density at radius 3 is 2.50 bits per heavy atom. The number of carbonyl (C=O) groups excluding carboxylic acids is 1. The minimum atomic E-state index is -3.87. The molecule has 8 heteroatoms. The molecule has 1 rings (SSSR count). The largest absolute Gasteiger partial charge is 0.389 e. The molecule has 1 amide bonds. The van der Waals surface area contributed by atoms with Crippen LogP contribution < -0.4 is 10.0 Å². The number of halogens is 1. The van der Waals surface area contributed by atoms with Crippen molar-refractivity contribution in [3.8, 4) is 0 Å². The van der Waals surface area contributed by atoms with E-state index in [-0.39, 0.29) is 28.4 Å². The van der Waals surface area contributed by atoms with Crippen LogP contribution in [0.25, 0.3) is 0 Å². The highest BCUT2D eigenvalue weighted by Crippen LogP contribution is 2.26. The average molecular weight is 346 g/mol. The summed E-state index contributed by atoms with van der Waals surface area (Å²) in [5, 5.41) is 0. The molecule has 0 spiro atoms. The average Bonchev–Trinajstić information content (AvgIpc) is 2.46. The molecule has 0 aliphatic rings. The van der Waals surface area contributed by atoms with Crippen molar-refractivity contribution in [2.24, 2.45) is 5.73 Å². The number of benzene rings is 1. The number of anilines is 1. The molecule has 0 aromatic heterocycles. The first-order valence-electron chi connectivity index (χ1n) is 6.89. The summed E-state index contributed by atoms with van der Waals surface area (Å²) in [4.78, 5) is 12.2. The zero-order valence-electron chi connectivity index (χ0n) is 12.5. The summed E-state index contributed by atoms with van der Waals surface area (Å²) < 4.78 is 38.7. The highest BCUT2D eigenvalue weighted by Gasteiger charge is 2.29. The van der Waals surface area contributed by atoms with Crippen LogP contribution >= 0.6 is 12.2 Å². The van der Waals surface area contributed by atoms with Crippen LogP contribution in [0, 0.1) is 5.82 Å². The lowest BCUT2D eigenvalue weighted by molar-refractivity contribution is -0.117. The fraction of sp³-hybridized carbons (Fsp3) is 0.429. The van der Waals surface area contributed by atoms with E-state index in [1.165, 1.54) is 13.0 Å². The standard InChI is InChI=1S/C14H19FN2O3S2/c1-3-5-6-13(18)17(22(19,20)4-2)12-8-7-10(15)9-11(12)14(16)21/h7-9H,3-6H2,1-2H3,(H2,16,21). The van der Waals surface area contributed by atoms with E-state index in [0.29, 0.717) is 10.7 Å². The molecule has 0 atom stereocenters. The molecule has 2 N–H and O–H groups in total. The van der Waals surface area contributed by atoms with Crippen molar-refractivity contribution < 1.29 is 17.6 Å². The van der Waals surface area contributed by atoms with E-state index >= 15 is 0 Å². The van der Waals surface area contributed by atoms with Gasteiger partial charge >= 0.3 is 0 Å². The summed E-state index contributed by atoms with van der Waals surface area (Å²) in [6, 6.07) is 3.31. The van der Waals surface area contributed by atoms with Gasteiger partial charge in [-0.2, -0.15) is 0 Å². The van der Waals surface area contributed by atoms with Crippen LogP contribution in [0.3, 0.4) is 0 Å². The molecule has 0 radical (unpaired) electrons. The second-order valence-corrected chi connectivity index (χ2v) is 7.23. The fourth-order valence-corrected chi connectivity index (χ4v) is 3.16. The van der Waals surface area contributed by atoms with Crippen molar-refractivity contribution in [3.05, 3.63) is 29.6 Å². The number of thiocarbonyl (C=S) groups is 1. The molecule has 0 heterocycles. The second kappa shape index (κ2) is 7.64. The Labute approximate surface area is 135 Å². The van der Waals surface area contributed by atoms with Crippen LogP contribution in [0.5, 0.6) is 0 Å². The van der Waals surface area contributed by atoms with Gasteiger partial charge < -0.3 is 5.73 Å². The van der Waals surface area contributed by atoms with Gasteiger partial charge in [0.2, 0.25) is 15.9 Å². The maximum absolute atomic E-state index is 13.4. The van der Waals surface area contributed by atoms with Crippen LogP contribution in [0.1, 0.15) is 38.7 Å². The SMILES string of the molecule is CCCCC(=O)N(c1ccc(F)cc1C(N)=S)S(=O)(=O)CC. The van der Waals surface area contributed by atoms with Crippen molar-refractivity contribution >= 4 is 38.8 Å². The third-order valence-corrected chi connectivity index (χ3v) is 4.96. The first-order valence-corrected chi connectivity index (χ1v) is 8.91. The number of unbranched alkanes of at least 4 members (excludes halogenated alkanes) is 1. The van der Waals surface area contributed by atoms with Gasteiger partial charge in [-0.15, -0.1) is 0 Å². The van der Waals surface area contributed by atoms with E-state index in [4.69, 9.17) is 18.0 Å². The van der Waals surface area contributed by atoms with Gasteiger partial charge in [-0.3, -0.25) is 4.79 Å². The lowest BCUT2D eigenvalue weighted by Gasteiger charge is -2.24. The van der Waals surface area contributed by atoms with Gasteiger partial charge in [-0.05, 0) is 31.5 Å². The summed E-state index contributed by atoms with van der Waals surface area (Å²) in [5.74, 6) is -1.45. The predicted octanol–water partition coefficient (Wildman–Crippen LogP) is 2.33. The summed E-state index contributed by atoms with van der Waals surface area (Å²) in [6.07, 6.45) is 1.37. The van der Waals surface area contributed by atoms with E-state index < -0.39 is 21.7 Å². The Hall–Kier alpha value is -1.54. The van der Waals surface area contributed by atoms with Crippen molar-refractivity contribution in [3.63, 3.8) is 0 Å². The van der Waals surface area contributed by atoms with Crippen LogP contribution in [0.2, 0.25) is 0 Å². The molecule has 0 fully saturated rings. The van der Waals surface area contributed by atoms with Crippen molar-refractivity contribution in [2.75, 3.05) is 10.1 Å². The van der Waals surface area contributed by atoms with Crippen molar-refractivity contribution in [1.82, 2.24) is 0 Å². The Balaban J connectivity index is 3.46. The fourth-order valence-electron chi connectivity index (χ4n) is 1.88. The van der Waals surface area contributed by atoms with Crippen LogP contribution in [-0.4, -0.2) is 25.1 Å². The van der Waals surface area contributed by atoms with Crippen LogP contribution in [-0.2, 0) is 14.8 Å². The maximum atomic E-state index is 13.4. The predicted molar refractivity (Wildman–Crippen MR) is 88.8 cm³/mol. The summed E-state index contributed by atoms with van der Waals surface area (Å²) in [6.45, 7) is 3.32. The summed E-state index contributed by atoms with van der Waals surface area (Å²) in [7, 11) is -3.87. The number of sulfonamides is 1. The quantitative estimate of drug-likeness (QED) is 0.767. The number of rotatable bonds is 7. The first kappa shape index (κ1) is 18.5. The van der Waals surface area contributed by atoms with E-state index in [0.717, 1.165) is 18.6 Å². The Kier molecular flexibility index (Phi) is 6.43. The molecule has 0 saturated carbocycles. The summed E-state index contributed by atoms with van der Waals surface area (Å²) >= 11 is 4.84. The van der Waals surface area contributed by atoms with E-state index in [2.05, 4.69) is 0 Å². The zero-order valence-corrected chi connectivity index (χ0v) is 14.1. The molecule has 5 nitrogen and oxygen atoms in total. The number of hydrogen-bond acceptors (Lipinski definition) is 4. The van der Waals surface area contributed by atoms with Gasteiger partial charge in [0.05, 0.1) is 11.4 Å². The molecular formula is C14H19FN2O3S2. The zero-order chi connectivity index (χ0) is 16.9. The van der Waals surface area contributed by atoms with Gasteiger partial charge in [0.15, 0.2) is 0 Å². The highest BCUT2D eigenvalue weighted by molar-refractivity contribution is 7.93. The number of carbonyl (C=O) groups is 1. The molecule has 122 valence electrons. The number of nitrogens with two attached hydrogens (primary N) is 1. The molecule has 1 aromatic carbocycles. The van der Waals surface area contributed by atoms with Crippen molar-refractivity contribution in [2.45, 2.75) is 33.1 Å². The molecule has 0 aliphatic heterocycles. The van der Waals surface area contributed by atoms with Crippen LogP contribution in [0.15, 0.2) is 18.2 Å². The van der Waals surface area contributed by atoms with Gasteiger partial charge in [0, 0.05) is 12.0 Å². The van der Waals surface area contributed by atoms with Gasteiger partial charge in [-0.25, -0.2) is 17.1 Å². The third kappa shape index (κ3) is 4.23. The Morgan fingerprint density at radius 2 is 2.00 bits per heavy atom. The molecule has 0 bridgehead atoms. The topological polar surface area (TPSA) is 80.5 Å². The Morgan fingerprint density at radius 1 is 1.36 bits per heavy atom. The summed E-state index contributed by atoms with van der Waals surface area (Å²) in [5.41, 5.74) is 5.56. The normalized spacial score (nSPS) is 11.2. The van der Waals surface area contributed by atoms with Gasteiger partial charge in [0.25, 0.3) is 0 Å². The monoisotopic (exact) mass is 346 g/mol. The molecular weight excluding hydrogens is 327 g/mol. The smallest absolute Gasteiger partial charge is 0.241 e. The molecule has 22 heavy (non-hydrogen) atoms. The molecule has 0 unspecified atom stereocenters. The number of amides is 1. The van der Waals surface area contributed by atoms with Gasteiger partial charge in [0.1, 0.15) is 10.8 Å². The number of hydrogen-bond donors (Lipinski definition) is 1. The van der Waals surface area contributed by atoms with Crippen molar-refractivity contribution in [1.29, 1.82) is 0 Å². The molecule has 0 saturated heterocycles. The molecule has 1 aromatic rings. The van der Waals surface area contributed by atoms with E-state index in [9.17, 15) is 17.6 Å². The van der Waals surface area contributed by atoms with E-state index in [1.54, 1.807) is 0 Å². The maximum Gasteiger partial charge on any atom is 0.241 e. The minimum absolute atomic E-state index is 0.00291. The first-order chi connectivity index (χ1) is 10.2.